The Balaban J connectivity index is 2.22. The van der Waals surface area contributed by atoms with E-state index in [1.807, 2.05) is 0 Å². The van der Waals surface area contributed by atoms with Gasteiger partial charge >= 0.3 is 0 Å². The summed E-state index contributed by atoms with van der Waals surface area (Å²) < 4.78 is 0. The van der Waals surface area contributed by atoms with Gasteiger partial charge in [-0.15, -0.1) is 0 Å². The lowest BCUT2D eigenvalue weighted by Gasteiger charge is -2.22. The molecule has 0 saturated carbocycles. The molecule has 2 rings (SSSR count). The Labute approximate surface area is 105 Å². The summed E-state index contributed by atoms with van der Waals surface area (Å²) in [6, 6.07) is 4.67. The first-order valence-electron chi connectivity index (χ1n) is 5.69. The third-order valence-corrected chi connectivity index (χ3v) is 3.22. The fourth-order valence-corrected chi connectivity index (χ4v) is 2.33. The molecule has 1 saturated heterocycles. The van der Waals surface area contributed by atoms with Crippen LogP contribution >= 0.6 is 11.6 Å². The maximum absolute atomic E-state index is 10.6. The summed E-state index contributed by atoms with van der Waals surface area (Å²) >= 11 is 6.10. The standard InChI is InChI=1S/C11H14ClN3O2/c12-10-8-9(15(16)17)2-3-11(10)14-6-1-4-13-5-7-14/h2-3,8,13H,1,4-7H2/p+1. The number of halogens is 1. The van der Waals surface area contributed by atoms with E-state index in [1.54, 1.807) is 6.07 Å². The van der Waals surface area contributed by atoms with Crippen molar-refractivity contribution in [3.05, 3.63) is 33.3 Å². The lowest BCUT2D eigenvalue weighted by atomic mass is 10.2. The van der Waals surface area contributed by atoms with E-state index in [-0.39, 0.29) is 5.69 Å². The lowest BCUT2D eigenvalue weighted by Crippen LogP contribution is -2.84. The van der Waals surface area contributed by atoms with Gasteiger partial charge in [-0.25, -0.2) is 0 Å². The maximum atomic E-state index is 10.6. The van der Waals surface area contributed by atoms with Gasteiger partial charge < -0.3 is 10.2 Å². The van der Waals surface area contributed by atoms with Crippen LogP contribution in [0.15, 0.2) is 18.2 Å². The van der Waals surface area contributed by atoms with E-state index in [1.165, 1.54) is 12.1 Å². The van der Waals surface area contributed by atoms with Gasteiger partial charge in [-0.05, 0) is 6.07 Å². The van der Waals surface area contributed by atoms with Gasteiger partial charge in [0.15, 0.2) is 0 Å². The van der Waals surface area contributed by atoms with Crippen LogP contribution in [0, 0.1) is 10.1 Å². The molecule has 0 radical (unpaired) electrons. The number of nitrogens with zero attached hydrogens (tertiary/aromatic N) is 2. The zero-order valence-corrected chi connectivity index (χ0v) is 10.2. The first-order valence-corrected chi connectivity index (χ1v) is 6.07. The molecule has 1 fully saturated rings. The number of anilines is 1. The van der Waals surface area contributed by atoms with Crippen LogP contribution in [-0.4, -0.2) is 31.1 Å². The van der Waals surface area contributed by atoms with E-state index in [0.717, 1.165) is 38.3 Å². The van der Waals surface area contributed by atoms with Crippen molar-refractivity contribution in [1.82, 2.24) is 0 Å². The van der Waals surface area contributed by atoms with Crippen LogP contribution in [0.2, 0.25) is 5.02 Å². The Morgan fingerprint density at radius 1 is 1.35 bits per heavy atom. The van der Waals surface area contributed by atoms with Gasteiger partial charge in [0, 0.05) is 25.1 Å². The molecule has 0 atom stereocenters. The van der Waals surface area contributed by atoms with Crippen LogP contribution in [0.5, 0.6) is 0 Å². The summed E-state index contributed by atoms with van der Waals surface area (Å²) in [7, 11) is 0. The first-order chi connectivity index (χ1) is 8.18. The molecule has 0 unspecified atom stereocenters. The van der Waals surface area contributed by atoms with Gasteiger partial charge in [0.25, 0.3) is 5.69 Å². The summed E-state index contributed by atoms with van der Waals surface area (Å²) in [6.45, 7) is 4.04. The molecule has 0 amide bonds. The summed E-state index contributed by atoms with van der Waals surface area (Å²) in [6.07, 6.45) is 1.10. The van der Waals surface area contributed by atoms with Crippen molar-refractivity contribution in [2.24, 2.45) is 0 Å². The Kier molecular flexibility index (Phi) is 3.81. The van der Waals surface area contributed by atoms with Crippen molar-refractivity contribution in [1.29, 1.82) is 0 Å². The molecule has 0 aromatic heterocycles. The minimum Gasteiger partial charge on any atom is -0.364 e. The topological polar surface area (TPSA) is 63.0 Å². The molecule has 5 nitrogen and oxygen atoms in total. The molecule has 1 aliphatic heterocycles. The van der Waals surface area contributed by atoms with Crippen LogP contribution in [0.25, 0.3) is 0 Å². The van der Waals surface area contributed by atoms with Crippen LogP contribution in [0.4, 0.5) is 11.4 Å². The average Bonchev–Trinajstić information content (AvgIpc) is 2.57. The molecule has 1 heterocycles. The van der Waals surface area contributed by atoms with Gasteiger partial charge in [0.2, 0.25) is 0 Å². The number of rotatable bonds is 2. The van der Waals surface area contributed by atoms with Crippen molar-refractivity contribution in [2.45, 2.75) is 6.42 Å². The maximum Gasteiger partial charge on any atom is 0.271 e. The molecule has 1 aromatic carbocycles. The number of hydrogen-bond acceptors (Lipinski definition) is 3. The largest absolute Gasteiger partial charge is 0.364 e. The molecule has 0 bridgehead atoms. The van der Waals surface area contributed by atoms with Crippen molar-refractivity contribution in [3.63, 3.8) is 0 Å². The predicted molar refractivity (Wildman–Crippen MR) is 66.6 cm³/mol. The van der Waals surface area contributed by atoms with Gasteiger partial charge in [-0.3, -0.25) is 10.1 Å². The number of non-ortho nitro benzene ring substituents is 1. The summed E-state index contributed by atoms with van der Waals surface area (Å²) in [5.41, 5.74) is 0.938. The summed E-state index contributed by atoms with van der Waals surface area (Å²) in [4.78, 5) is 12.4. The monoisotopic (exact) mass is 256 g/mol. The van der Waals surface area contributed by atoms with Crippen LogP contribution in [0.1, 0.15) is 6.42 Å². The number of benzene rings is 1. The Morgan fingerprint density at radius 2 is 2.18 bits per heavy atom. The van der Waals surface area contributed by atoms with Crippen molar-refractivity contribution in [2.75, 3.05) is 31.1 Å². The average molecular weight is 257 g/mol. The Bertz CT molecular complexity index is 417. The van der Waals surface area contributed by atoms with Crippen molar-refractivity contribution < 1.29 is 10.2 Å². The van der Waals surface area contributed by atoms with Crippen molar-refractivity contribution >= 4 is 23.0 Å². The summed E-state index contributed by atoms with van der Waals surface area (Å²) in [5.74, 6) is 0. The van der Waals surface area contributed by atoms with Crippen molar-refractivity contribution in [3.8, 4) is 0 Å². The SMILES string of the molecule is O=[N+]([O-])c1ccc(N2CCC[NH2+]CC2)c(Cl)c1. The number of nitro groups is 1. The second kappa shape index (κ2) is 5.33. The zero-order chi connectivity index (χ0) is 12.3. The quantitative estimate of drug-likeness (QED) is 0.635. The molecule has 0 aliphatic carbocycles. The molecule has 6 heteroatoms. The first kappa shape index (κ1) is 12.1. The Hall–Kier alpha value is -1.33. The predicted octanol–water partition coefficient (Wildman–Crippen LogP) is 1.02. The smallest absolute Gasteiger partial charge is 0.271 e. The van der Waals surface area contributed by atoms with Gasteiger partial charge in [0.1, 0.15) is 0 Å². The van der Waals surface area contributed by atoms with E-state index in [2.05, 4.69) is 10.2 Å². The molecule has 1 aliphatic rings. The number of quaternary nitrogens is 1. The fourth-order valence-electron chi connectivity index (χ4n) is 2.04. The van der Waals surface area contributed by atoms with Crippen LogP contribution in [0.3, 0.4) is 0 Å². The second-order valence-corrected chi connectivity index (χ2v) is 4.51. The van der Waals surface area contributed by atoms with E-state index in [9.17, 15) is 10.1 Å². The number of hydrogen-bond donors (Lipinski definition) is 1. The van der Waals surface area contributed by atoms with Gasteiger partial charge in [-0.2, -0.15) is 0 Å². The van der Waals surface area contributed by atoms with E-state index in [4.69, 9.17) is 11.6 Å². The molecule has 92 valence electrons. The third-order valence-electron chi connectivity index (χ3n) is 2.92. The highest BCUT2D eigenvalue weighted by Crippen LogP contribution is 2.29. The van der Waals surface area contributed by atoms with Crippen LogP contribution < -0.4 is 10.2 Å². The Morgan fingerprint density at radius 3 is 2.88 bits per heavy atom. The summed E-state index contributed by atoms with van der Waals surface area (Å²) in [5, 5.41) is 13.4. The van der Waals surface area contributed by atoms with E-state index in [0.29, 0.717) is 5.02 Å². The van der Waals surface area contributed by atoms with E-state index < -0.39 is 4.92 Å². The minimum atomic E-state index is -0.425. The molecule has 1 aromatic rings. The normalized spacial score (nSPS) is 16.6. The number of nitro benzene ring substituents is 1. The van der Waals surface area contributed by atoms with Gasteiger partial charge in [-0.1, -0.05) is 11.6 Å². The molecular weight excluding hydrogens is 242 g/mol. The highest BCUT2D eigenvalue weighted by Gasteiger charge is 2.16. The van der Waals surface area contributed by atoms with Crippen LogP contribution in [-0.2, 0) is 0 Å². The highest BCUT2D eigenvalue weighted by molar-refractivity contribution is 6.33. The van der Waals surface area contributed by atoms with Gasteiger partial charge in [0.05, 0.1) is 35.3 Å². The minimum absolute atomic E-state index is 0.0418. The molecule has 2 N–H and O–H groups in total. The highest BCUT2D eigenvalue weighted by atomic mass is 35.5. The molecule has 17 heavy (non-hydrogen) atoms. The third kappa shape index (κ3) is 2.87. The number of nitrogens with two attached hydrogens (primary N) is 1. The fraction of sp³-hybridized carbons (Fsp3) is 0.455. The van der Waals surface area contributed by atoms with E-state index >= 15 is 0 Å². The second-order valence-electron chi connectivity index (χ2n) is 4.10. The molecule has 0 spiro atoms. The lowest BCUT2D eigenvalue weighted by molar-refractivity contribution is -0.650. The zero-order valence-electron chi connectivity index (χ0n) is 9.43. The molecular formula is C11H15ClN3O2+.